The zero-order chi connectivity index (χ0) is 29.9. The van der Waals surface area contributed by atoms with E-state index in [0.29, 0.717) is 21.6 Å². The number of pyridine rings is 1. The fourth-order valence-corrected chi connectivity index (χ4v) is 6.70. The molecule has 5 rings (SSSR count). The van der Waals surface area contributed by atoms with Crippen molar-refractivity contribution in [2.24, 2.45) is 0 Å². The predicted molar refractivity (Wildman–Crippen MR) is 164 cm³/mol. The molecule has 0 fully saturated rings. The summed E-state index contributed by atoms with van der Waals surface area (Å²) < 4.78 is 33.5. The molecule has 42 heavy (non-hydrogen) atoms. The van der Waals surface area contributed by atoms with Gasteiger partial charge in [0, 0.05) is 34.8 Å². The Morgan fingerprint density at radius 3 is 2.33 bits per heavy atom. The first-order chi connectivity index (χ1) is 20.0. The zero-order valence-electron chi connectivity index (χ0n) is 23.3. The van der Waals surface area contributed by atoms with Crippen molar-refractivity contribution in [1.82, 2.24) is 14.3 Å². The van der Waals surface area contributed by atoms with Crippen LogP contribution in [-0.4, -0.2) is 41.5 Å². The van der Waals surface area contributed by atoms with E-state index >= 15 is 0 Å². The molecule has 0 aliphatic carbocycles. The highest BCUT2D eigenvalue weighted by atomic mass is 32.2. The summed E-state index contributed by atoms with van der Waals surface area (Å²) in [5.41, 5.74) is 1.06. The van der Waals surface area contributed by atoms with Crippen LogP contribution in [0, 0.1) is 0 Å². The molecule has 0 spiro atoms. The minimum atomic E-state index is -3.89. The molecule has 2 N–H and O–H groups in total. The lowest BCUT2D eigenvalue weighted by atomic mass is 9.98. The number of hydrogen-bond donors (Lipinski definition) is 2. The number of carbonyl (C=O) groups is 2. The van der Waals surface area contributed by atoms with Crippen molar-refractivity contribution in [3.8, 4) is 10.4 Å². The number of hydrogen-bond acceptors (Lipinski definition) is 7. The number of aromatic nitrogens is 2. The summed E-state index contributed by atoms with van der Waals surface area (Å²) in [6.07, 6.45) is 2.51. The highest BCUT2D eigenvalue weighted by molar-refractivity contribution is 7.90. The number of carbonyl (C=O) groups excluding carboxylic acids is 2. The van der Waals surface area contributed by atoms with Gasteiger partial charge in [-0.1, -0.05) is 48.5 Å². The number of nitrogens with one attached hydrogen (secondary N) is 2. The largest absolute Gasteiger partial charge is 0.444 e. The number of anilines is 1. The molecule has 3 heterocycles. The Morgan fingerprint density at radius 2 is 1.64 bits per heavy atom. The monoisotopic (exact) mass is 602 g/mol. The molecule has 0 aliphatic rings. The van der Waals surface area contributed by atoms with Gasteiger partial charge in [0.2, 0.25) is 5.91 Å². The van der Waals surface area contributed by atoms with Crippen LogP contribution in [0.3, 0.4) is 0 Å². The molecule has 9 nitrogen and oxygen atoms in total. The van der Waals surface area contributed by atoms with Crippen LogP contribution in [0.25, 0.3) is 21.5 Å². The Kier molecular flexibility index (Phi) is 8.15. The number of thiophene rings is 1. The second kappa shape index (κ2) is 11.8. The Balaban J connectivity index is 1.41. The van der Waals surface area contributed by atoms with E-state index in [0.717, 1.165) is 10.4 Å². The molecule has 0 bridgehead atoms. The summed E-state index contributed by atoms with van der Waals surface area (Å²) in [5, 5.41) is 6.90. The van der Waals surface area contributed by atoms with Crippen molar-refractivity contribution < 1.29 is 22.7 Å². The Labute approximate surface area is 248 Å². The predicted octanol–water partition coefficient (Wildman–Crippen LogP) is 6.25. The minimum absolute atomic E-state index is 0.0412. The Hall–Kier alpha value is -4.48. The molecular formula is C31H30N4O5S2. The van der Waals surface area contributed by atoms with Gasteiger partial charge in [-0.25, -0.2) is 22.2 Å². The van der Waals surface area contributed by atoms with E-state index < -0.39 is 27.6 Å². The zero-order valence-corrected chi connectivity index (χ0v) is 24.9. The van der Waals surface area contributed by atoms with Gasteiger partial charge >= 0.3 is 6.09 Å². The van der Waals surface area contributed by atoms with Gasteiger partial charge in [0.1, 0.15) is 5.60 Å². The van der Waals surface area contributed by atoms with Crippen molar-refractivity contribution in [2.75, 3.05) is 11.9 Å². The van der Waals surface area contributed by atoms with Crippen LogP contribution >= 0.6 is 11.3 Å². The van der Waals surface area contributed by atoms with E-state index in [1.807, 2.05) is 42.5 Å². The first kappa shape index (κ1) is 29.0. The molecule has 2 amide bonds. The molecule has 11 heteroatoms. The maximum Gasteiger partial charge on any atom is 0.407 e. The summed E-state index contributed by atoms with van der Waals surface area (Å²) in [4.78, 5) is 31.0. The number of rotatable bonds is 8. The fourth-order valence-electron chi connectivity index (χ4n) is 4.42. The number of ether oxygens (including phenoxy) is 1. The summed E-state index contributed by atoms with van der Waals surface area (Å²) in [6, 6.07) is 24.6. The highest BCUT2D eigenvalue weighted by Crippen LogP contribution is 2.38. The number of nitrogens with zero attached hydrogens (tertiary/aromatic N) is 2. The normalized spacial score (nSPS) is 12.5. The van der Waals surface area contributed by atoms with E-state index in [4.69, 9.17) is 4.74 Å². The van der Waals surface area contributed by atoms with Gasteiger partial charge in [0.25, 0.3) is 10.0 Å². The van der Waals surface area contributed by atoms with Gasteiger partial charge in [0.15, 0.2) is 5.65 Å². The van der Waals surface area contributed by atoms with Gasteiger partial charge in [-0.2, -0.15) is 0 Å². The van der Waals surface area contributed by atoms with Crippen molar-refractivity contribution >= 4 is 49.4 Å². The quantitative estimate of drug-likeness (QED) is 0.217. The highest BCUT2D eigenvalue weighted by Gasteiger charge is 2.26. The van der Waals surface area contributed by atoms with Crippen LogP contribution in [0.4, 0.5) is 9.80 Å². The molecule has 0 radical (unpaired) electrons. The topological polar surface area (TPSA) is 119 Å². The number of amides is 2. The molecule has 5 aromatic rings. The molecule has 0 aliphatic heterocycles. The number of fused-ring (bicyclic) bond motifs is 1. The average Bonchev–Trinajstić information content (AvgIpc) is 3.58. The third-order valence-corrected chi connectivity index (χ3v) is 9.02. The molecule has 1 atom stereocenters. The average molecular weight is 603 g/mol. The second-order valence-corrected chi connectivity index (χ2v) is 13.4. The summed E-state index contributed by atoms with van der Waals surface area (Å²) in [7, 11) is -3.89. The Bertz CT molecular complexity index is 1830. The lowest BCUT2D eigenvalue weighted by molar-refractivity contribution is -0.117. The molecule has 2 aromatic carbocycles. The van der Waals surface area contributed by atoms with Crippen molar-refractivity contribution in [1.29, 1.82) is 0 Å². The Morgan fingerprint density at radius 1 is 0.952 bits per heavy atom. The number of benzene rings is 2. The molecular weight excluding hydrogens is 572 g/mol. The lowest BCUT2D eigenvalue weighted by Crippen LogP contribution is -2.37. The SMILES string of the molecule is CC(C)(C)OC(=O)NCC(C(=O)Nc1ccc(-c2cn(S(=O)(=O)c3ccccc3)c3ncccc23)s1)c1ccccc1. The van der Waals surface area contributed by atoms with Gasteiger partial charge in [-0.3, -0.25) is 4.79 Å². The first-order valence-electron chi connectivity index (χ1n) is 13.2. The maximum absolute atomic E-state index is 13.5. The third-order valence-electron chi connectivity index (χ3n) is 6.32. The van der Waals surface area contributed by atoms with Crippen LogP contribution in [0.1, 0.15) is 32.3 Å². The van der Waals surface area contributed by atoms with Crippen molar-refractivity contribution in [3.05, 3.63) is 103 Å². The van der Waals surface area contributed by atoms with Crippen LogP contribution in [0.5, 0.6) is 0 Å². The molecule has 216 valence electrons. The first-order valence-corrected chi connectivity index (χ1v) is 15.5. The van der Waals surface area contributed by atoms with Gasteiger partial charge in [-0.05, 0) is 62.7 Å². The van der Waals surface area contributed by atoms with E-state index in [-0.39, 0.29) is 17.3 Å². The summed E-state index contributed by atoms with van der Waals surface area (Å²) >= 11 is 1.31. The fraction of sp³-hybridized carbons (Fsp3) is 0.194. The van der Waals surface area contributed by atoms with E-state index in [1.54, 1.807) is 75.6 Å². The van der Waals surface area contributed by atoms with Crippen LogP contribution in [0.15, 0.2) is 102 Å². The van der Waals surface area contributed by atoms with E-state index in [9.17, 15) is 18.0 Å². The summed E-state index contributed by atoms with van der Waals surface area (Å²) in [6.45, 7) is 5.35. The second-order valence-electron chi connectivity index (χ2n) is 10.5. The van der Waals surface area contributed by atoms with Crippen LogP contribution < -0.4 is 10.6 Å². The van der Waals surface area contributed by atoms with Crippen LogP contribution in [-0.2, 0) is 19.6 Å². The lowest BCUT2D eigenvalue weighted by Gasteiger charge is -2.22. The van der Waals surface area contributed by atoms with Gasteiger partial charge in [0.05, 0.1) is 15.8 Å². The van der Waals surface area contributed by atoms with E-state index in [1.165, 1.54) is 15.3 Å². The smallest absolute Gasteiger partial charge is 0.407 e. The van der Waals surface area contributed by atoms with Crippen LogP contribution in [0.2, 0.25) is 0 Å². The summed E-state index contributed by atoms with van der Waals surface area (Å²) in [5.74, 6) is -0.979. The molecule has 3 aromatic heterocycles. The molecule has 0 saturated carbocycles. The van der Waals surface area contributed by atoms with Gasteiger partial charge in [-0.15, -0.1) is 11.3 Å². The van der Waals surface area contributed by atoms with Gasteiger partial charge < -0.3 is 15.4 Å². The number of alkyl carbamates (subject to hydrolysis) is 1. The molecule has 0 saturated heterocycles. The van der Waals surface area contributed by atoms with Crippen molar-refractivity contribution in [3.63, 3.8) is 0 Å². The molecule has 1 unspecified atom stereocenters. The maximum atomic E-state index is 13.5. The van der Waals surface area contributed by atoms with Crippen molar-refractivity contribution in [2.45, 2.75) is 37.2 Å². The van der Waals surface area contributed by atoms with E-state index in [2.05, 4.69) is 15.6 Å². The third kappa shape index (κ3) is 6.37. The standard InChI is InChI=1S/C31H30N4O5S2/c1-31(2,3)40-30(37)33-19-24(21-11-6-4-7-12-21)29(36)34-27-17-16-26(41-27)25-20-35(28-23(25)15-10-18-32-28)42(38,39)22-13-8-5-9-14-22/h4-18,20,24H,19H2,1-3H3,(H,33,37)(H,34,36). The minimum Gasteiger partial charge on any atom is -0.444 e.